The highest BCUT2D eigenvalue weighted by Crippen LogP contribution is 2.30. The van der Waals surface area contributed by atoms with Crippen LogP contribution in [0.1, 0.15) is 37.9 Å². The number of hydroxylamine groups is 1. The van der Waals surface area contributed by atoms with Gasteiger partial charge in [-0.25, -0.2) is 4.79 Å². The van der Waals surface area contributed by atoms with Crippen molar-refractivity contribution in [2.45, 2.75) is 39.0 Å². The van der Waals surface area contributed by atoms with E-state index in [0.717, 1.165) is 5.56 Å². The van der Waals surface area contributed by atoms with Crippen molar-refractivity contribution in [1.82, 2.24) is 10.0 Å². The minimum absolute atomic E-state index is 0.228. The molecule has 3 aromatic rings. The molecule has 0 saturated carbocycles. The fourth-order valence-corrected chi connectivity index (χ4v) is 3.28. The first-order valence-corrected chi connectivity index (χ1v) is 10.1. The number of rotatable bonds is 7. The number of halogens is 1. The number of nitro groups is 1. The zero-order valence-electron chi connectivity index (χ0n) is 17.5. The lowest BCUT2D eigenvalue weighted by molar-refractivity contribution is -0.486. The summed E-state index contributed by atoms with van der Waals surface area (Å²) in [7, 11) is 0. The Balaban J connectivity index is 1.94. The number of hydrogen-bond acceptors (Lipinski definition) is 6. The lowest BCUT2D eigenvalue weighted by Gasteiger charge is -2.19. The van der Waals surface area contributed by atoms with Gasteiger partial charge in [0.25, 0.3) is 0 Å². The number of carbonyl (C=O) groups is 1. The monoisotopic (exact) mass is 445 g/mol. The average Bonchev–Trinajstić information content (AvgIpc) is 3.05. The van der Waals surface area contributed by atoms with E-state index in [1.807, 2.05) is 30.3 Å². The summed E-state index contributed by atoms with van der Waals surface area (Å²) in [5.74, 6) is 0. The summed E-state index contributed by atoms with van der Waals surface area (Å²) in [5, 5.41) is 12.4. The smallest absolute Gasteiger partial charge is 0.419 e. The van der Waals surface area contributed by atoms with Crippen molar-refractivity contribution in [3.05, 3.63) is 81.0 Å². The normalized spacial score (nSPS) is 12.6. The van der Waals surface area contributed by atoms with Crippen molar-refractivity contribution in [1.29, 1.82) is 0 Å². The Hall–Kier alpha value is -2.94. The molecule has 0 aliphatic carbocycles. The molecule has 0 radical (unpaired) electrons. The quantitative estimate of drug-likeness (QED) is 0.400. The van der Waals surface area contributed by atoms with Crippen LogP contribution in [-0.4, -0.2) is 27.7 Å². The maximum absolute atomic E-state index is 12.8. The van der Waals surface area contributed by atoms with E-state index in [2.05, 4.69) is 5.48 Å². The summed E-state index contributed by atoms with van der Waals surface area (Å²) in [6, 6.07) is 13.6. The summed E-state index contributed by atoms with van der Waals surface area (Å²) in [4.78, 5) is 29.2. The van der Waals surface area contributed by atoms with Gasteiger partial charge in [-0.3, -0.25) is 19.5 Å². The summed E-state index contributed by atoms with van der Waals surface area (Å²) in [6.45, 7) is 5.08. The van der Waals surface area contributed by atoms with Gasteiger partial charge in [-0.05, 0) is 38.5 Å². The van der Waals surface area contributed by atoms with E-state index in [1.165, 1.54) is 10.8 Å². The predicted molar refractivity (Wildman–Crippen MR) is 118 cm³/mol. The molecule has 0 spiro atoms. The van der Waals surface area contributed by atoms with Crippen molar-refractivity contribution in [2.75, 3.05) is 6.54 Å². The van der Waals surface area contributed by atoms with Gasteiger partial charge >= 0.3 is 6.09 Å². The highest BCUT2D eigenvalue weighted by Gasteiger charge is 2.26. The SMILES string of the molecule is CC(C)(C)OC(=O)n1cc(C(C[N+](=O)[O-])NOCc2ccccc2)c2ccc(Cl)cc21. The van der Waals surface area contributed by atoms with Crippen molar-refractivity contribution >= 4 is 28.6 Å². The average molecular weight is 446 g/mol. The minimum Gasteiger partial charge on any atom is -0.443 e. The van der Waals surface area contributed by atoms with E-state index in [4.69, 9.17) is 21.2 Å². The van der Waals surface area contributed by atoms with E-state index in [1.54, 1.807) is 39.0 Å². The van der Waals surface area contributed by atoms with Crippen molar-refractivity contribution in [3.63, 3.8) is 0 Å². The maximum atomic E-state index is 12.8. The summed E-state index contributed by atoms with van der Waals surface area (Å²) in [5.41, 5.74) is 4.02. The molecule has 1 N–H and O–H groups in total. The predicted octanol–water partition coefficient (Wildman–Crippen LogP) is 5.12. The highest BCUT2D eigenvalue weighted by atomic mass is 35.5. The molecule has 1 aromatic heterocycles. The van der Waals surface area contributed by atoms with Crippen molar-refractivity contribution in [2.24, 2.45) is 0 Å². The van der Waals surface area contributed by atoms with Crippen LogP contribution in [0.25, 0.3) is 10.9 Å². The van der Waals surface area contributed by atoms with Crippen LogP contribution in [-0.2, 0) is 16.2 Å². The van der Waals surface area contributed by atoms with Crippen LogP contribution >= 0.6 is 11.6 Å². The first-order chi connectivity index (χ1) is 14.6. The highest BCUT2D eigenvalue weighted by molar-refractivity contribution is 6.31. The molecule has 1 unspecified atom stereocenters. The van der Waals surface area contributed by atoms with Crippen LogP contribution < -0.4 is 5.48 Å². The molecular weight excluding hydrogens is 422 g/mol. The maximum Gasteiger partial charge on any atom is 0.419 e. The van der Waals surface area contributed by atoms with E-state index >= 15 is 0 Å². The second-order valence-corrected chi connectivity index (χ2v) is 8.49. The third-order valence-corrected chi connectivity index (χ3v) is 4.64. The number of hydrogen-bond donors (Lipinski definition) is 1. The van der Waals surface area contributed by atoms with Crippen LogP contribution in [0.4, 0.5) is 4.79 Å². The summed E-state index contributed by atoms with van der Waals surface area (Å²) in [6.07, 6.45) is 0.929. The number of nitrogens with zero attached hydrogens (tertiary/aromatic N) is 2. The fourth-order valence-electron chi connectivity index (χ4n) is 3.11. The zero-order chi connectivity index (χ0) is 22.6. The Morgan fingerprint density at radius 2 is 1.94 bits per heavy atom. The van der Waals surface area contributed by atoms with Crippen molar-refractivity contribution < 1.29 is 19.3 Å². The molecule has 3 rings (SSSR count). The summed E-state index contributed by atoms with van der Waals surface area (Å²) < 4.78 is 6.79. The lowest BCUT2D eigenvalue weighted by atomic mass is 10.1. The van der Waals surface area contributed by atoms with Gasteiger partial charge in [0.05, 0.1) is 12.1 Å². The van der Waals surface area contributed by atoms with Gasteiger partial charge in [-0.15, -0.1) is 0 Å². The molecule has 164 valence electrons. The largest absolute Gasteiger partial charge is 0.443 e. The van der Waals surface area contributed by atoms with Crippen molar-refractivity contribution in [3.8, 4) is 0 Å². The van der Waals surface area contributed by atoms with Crippen LogP contribution in [0.5, 0.6) is 0 Å². The van der Waals surface area contributed by atoms with E-state index in [9.17, 15) is 14.9 Å². The van der Waals surface area contributed by atoms with Crippen LogP contribution in [0.2, 0.25) is 5.02 Å². The third-order valence-electron chi connectivity index (χ3n) is 4.40. The number of nitrogens with one attached hydrogen (secondary N) is 1. The molecule has 0 bridgehead atoms. The molecule has 31 heavy (non-hydrogen) atoms. The number of ether oxygens (including phenoxy) is 1. The molecule has 9 heteroatoms. The molecule has 2 aromatic carbocycles. The molecule has 0 aliphatic heterocycles. The van der Waals surface area contributed by atoms with Gasteiger partial charge in [0.15, 0.2) is 0 Å². The zero-order valence-corrected chi connectivity index (χ0v) is 18.3. The Labute approximate surface area is 184 Å². The molecular formula is C22H24ClN3O5. The standard InChI is InChI=1S/C22H24ClN3O5/c1-22(2,3)31-21(27)25-12-18(17-10-9-16(23)11-20(17)25)19(13-26(28)29)24-30-14-15-7-5-4-6-8-15/h4-12,19,24H,13-14H2,1-3H3. The van der Waals surface area contributed by atoms with Crippen LogP contribution in [0, 0.1) is 10.1 Å². The topological polar surface area (TPSA) is 95.6 Å². The van der Waals surface area contributed by atoms with E-state index in [0.29, 0.717) is 21.5 Å². The van der Waals surface area contributed by atoms with E-state index < -0.39 is 29.2 Å². The number of benzene rings is 2. The molecule has 0 saturated heterocycles. The Bertz CT molecular complexity index is 1080. The summed E-state index contributed by atoms with van der Waals surface area (Å²) >= 11 is 6.14. The Kier molecular flexibility index (Phi) is 6.94. The Morgan fingerprint density at radius 1 is 1.23 bits per heavy atom. The van der Waals surface area contributed by atoms with Gasteiger partial charge in [0.2, 0.25) is 6.54 Å². The van der Waals surface area contributed by atoms with Gasteiger partial charge in [0.1, 0.15) is 11.6 Å². The number of carbonyl (C=O) groups excluding carboxylic acids is 1. The lowest BCUT2D eigenvalue weighted by Crippen LogP contribution is -2.28. The fraction of sp³-hybridized carbons (Fsp3) is 0.318. The second kappa shape index (κ2) is 9.47. The van der Waals surface area contributed by atoms with Crippen LogP contribution in [0.3, 0.4) is 0 Å². The number of fused-ring (bicyclic) bond motifs is 1. The second-order valence-electron chi connectivity index (χ2n) is 8.06. The molecule has 1 atom stereocenters. The molecule has 0 aliphatic rings. The first kappa shape index (κ1) is 22.7. The Morgan fingerprint density at radius 3 is 2.58 bits per heavy atom. The third kappa shape index (κ3) is 6.04. The molecule has 0 fully saturated rings. The van der Waals surface area contributed by atoms with Gasteiger partial charge in [-0.1, -0.05) is 48.0 Å². The van der Waals surface area contributed by atoms with Gasteiger partial charge in [-0.2, -0.15) is 5.48 Å². The minimum atomic E-state index is -0.800. The molecule has 8 nitrogen and oxygen atoms in total. The molecule has 1 heterocycles. The molecule has 0 amide bonds. The van der Waals surface area contributed by atoms with Gasteiger partial charge < -0.3 is 4.74 Å². The van der Waals surface area contributed by atoms with E-state index in [-0.39, 0.29) is 6.61 Å². The number of aromatic nitrogens is 1. The van der Waals surface area contributed by atoms with Gasteiger partial charge in [0, 0.05) is 27.1 Å². The first-order valence-electron chi connectivity index (χ1n) is 9.71. The van der Waals surface area contributed by atoms with Crippen LogP contribution in [0.15, 0.2) is 54.7 Å².